The van der Waals surface area contributed by atoms with E-state index in [1.165, 1.54) is 0 Å². The number of nitrogens with zero attached hydrogens (tertiary/aromatic N) is 2. The smallest absolute Gasteiger partial charge is 0.157 e. The van der Waals surface area contributed by atoms with Gasteiger partial charge < -0.3 is 9.84 Å². The lowest BCUT2D eigenvalue weighted by Gasteiger charge is -2.11. The van der Waals surface area contributed by atoms with Crippen LogP contribution in [0.15, 0.2) is 15.6 Å². The van der Waals surface area contributed by atoms with E-state index in [1.54, 1.807) is 0 Å². The third kappa shape index (κ3) is 2.78. The molecule has 1 unspecified atom stereocenters. The van der Waals surface area contributed by atoms with Crippen molar-refractivity contribution in [1.82, 2.24) is 10.5 Å². The lowest BCUT2D eigenvalue weighted by molar-refractivity contribution is 0.390. The molecule has 0 saturated carbocycles. The summed E-state index contributed by atoms with van der Waals surface area (Å²) in [5.41, 5.74) is 0.925. The van der Waals surface area contributed by atoms with Crippen molar-refractivity contribution in [3.63, 3.8) is 0 Å². The van der Waals surface area contributed by atoms with Crippen molar-refractivity contribution in [3.05, 3.63) is 17.5 Å². The zero-order valence-corrected chi connectivity index (χ0v) is 10.7. The van der Waals surface area contributed by atoms with Crippen molar-refractivity contribution in [2.75, 3.05) is 6.54 Å². The Balaban J connectivity index is 1.80. The van der Waals surface area contributed by atoms with E-state index in [0.29, 0.717) is 17.7 Å². The molecule has 0 aliphatic carbocycles. The van der Waals surface area contributed by atoms with Gasteiger partial charge in [0.25, 0.3) is 0 Å². The highest BCUT2D eigenvalue weighted by atomic mass is 32.2. The first-order valence-corrected chi connectivity index (χ1v) is 6.40. The Hall–Kier alpha value is -0.970. The molecule has 2 heterocycles. The summed E-state index contributed by atoms with van der Waals surface area (Å²) in [6, 6.07) is 1.94. The predicted octanol–water partition coefficient (Wildman–Crippen LogP) is 2.20. The summed E-state index contributed by atoms with van der Waals surface area (Å²) in [5.74, 6) is 1.51. The molecule has 1 aliphatic rings. The van der Waals surface area contributed by atoms with Crippen molar-refractivity contribution in [2.45, 2.75) is 32.6 Å². The summed E-state index contributed by atoms with van der Waals surface area (Å²) < 4.78 is 5.00. The summed E-state index contributed by atoms with van der Waals surface area (Å²) >= 11 is 1.83. The molecule has 16 heavy (non-hydrogen) atoms. The highest BCUT2D eigenvalue weighted by Crippen LogP contribution is 2.25. The Morgan fingerprint density at radius 2 is 2.44 bits per heavy atom. The van der Waals surface area contributed by atoms with Gasteiger partial charge in [-0.1, -0.05) is 30.8 Å². The number of rotatable bonds is 3. The monoisotopic (exact) mass is 239 g/mol. The number of amidine groups is 1. The van der Waals surface area contributed by atoms with Crippen LogP contribution >= 0.6 is 11.8 Å². The van der Waals surface area contributed by atoms with Gasteiger partial charge >= 0.3 is 0 Å². The van der Waals surface area contributed by atoms with Gasteiger partial charge in [-0.15, -0.1) is 0 Å². The van der Waals surface area contributed by atoms with Crippen molar-refractivity contribution in [1.29, 1.82) is 0 Å². The molecule has 2 rings (SSSR count). The minimum atomic E-state index is 0.613. The molecule has 5 heteroatoms. The lowest BCUT2D eigenvalue weighted by atomic mass is 10.1. The Bertz CT molecular complexity index is 386. The van der Waals surface area contributed by atoms with Gasteiger partial charge in [0.05, 0.1) is 13.1 Å². The molecule has 0 saturated heterocycles. The van der Waals surface area contributed by atoms with Crippen LogP contribution in [-0.4, -0.2) is 22.1 Å². The van der Waals surface area contributed by atoms with E-state index in [-0.39, 0.29) is 0 Å². The van der Waals surface area contributed by atoms with E-state index in [9.17, 15) is 0 Å². The summed E-state index contributed by atoms with van der Waals surface area (Å²) in [4.78, 5) is 4.47. The van der Waals surface area contributed by atoms with Gasteiger partial charge in [-0.2, -0.15) is 0 Å². The maximum absolute atomic E-state index is 5.00. The Morgan fingerprint density at radius 1 is 1.62 bits per heavy atom. The first-order valence-electron chi connectivity index (χ1n) is 5.52. The van der Waals surface area contributed by atoms with Crippen LogP contribution in [0.2, 0.25) is 0 Å². The van der Waals surface area contributed by atoms with Crippen LogP contribution < -0.4 is 5.32 Å². The molecular weight excluding hydrogens is 222 g/mol. The van der Waals surface area contributed by atoms with Crippen molar-refractivity contribution in [2.24, 2.45) is 10.9 Å². The van der Waals surface area contributed by atoms with Gasteiger partial charge in [-0.3, -0.25) is 4.99 Å². The van der Waals surface area contributed by atoms with E-state index < -0.39 is 0 Å². The summed E-state index contributed by atoms with van der Waals surface area (Å²) in [5, 5.41) is 8.86. The molecule has 0 bridgehead atoms. The molecule has 0 radical (unpaired) electrons. The molecule has 1 N–H and O–H groups in total. The number of hydrogen-bond donors (Lipinski definition) is 1. The second-order valence-electron chi connectivity index (χ2n) is 4.33. The molecule has 1 aromatic heterocycles. The fourth-order valence-electron chi connectivity index (χ4n) is 1.50. The van der Waals surface area contributed by atoms with Crippen LogP contribution in [0.5, 0.6) is 0 Å². The molecule has 1 aliphatic heterocycles. The van der Waals surface area contributed by atoms with Crippen LogP contribution in [0, 0.1) is 12.8 Å². The number of hydrogen-bond acceptors (Lipinski definition) is 5. The second kappa shape index (κ2) is 4.91. The fraction of sp³-hybridized carbons (Fsp3) is 0.636. The molecule has 4 nitrogen and oxygen atoms in total. The van der Waals surface area contributed by atoms with Crippen LogP contribution in [0.1, 0.15) is 25.3 Å². The molecule has 88 valence electrons. The molecule has 0 spiro atoms. The van der Waals surface area contributed by atoms with Crippen LogP contribution in [0.4, 0.5) is 0 Å². The van der Waals surface area contributed by atoms with E-state index in [4.69, 9.17) is 4.52 Å². The van der Waals surface area contributed by atoms with Gasteiger partial charge in [0.15, 0.2) is 5.17 Å². The van der Waals surface area contributed by atoms with Crippen molar-refractivity contribution >= 4 is 16.9 Å². The van der Waals surface area contributed by atoms with E-state index >= 15 is 0 Å². The maximum Gasteiger partial charge on any atom is 0.157 e. The summed E-state index contributed by atoms with van der Waals surface area (Å²) in [7, 11) is 0. The highest BCUT2D eigenvalue weighted by Gasteiger charge is 2.22. The van der Waals surface area contributed by atoms with Crippen LogP contribution in [-0.2, 0) is 6.54 Å². The quantitative estimate of drug-likeness (QED) is 0.878. The second-order valence-corrected chi connectivity index (χ2v) is 5.56. The number of aliphatic imine (C=N–C) groups is 1. The number of nitrogens with one attached hydrogen (secondary N) is 1. The largest absolute Gasteiger partial charge is 0.361 e. The zero-order valence-electron chi connectivity index (χ0n) is 9.86. The highest BCUT2D eigenvalue weighted by molar-refractivity contribution is 8.14. The Labute approximate surface area is 99.9 Å². The Morgan fingerprint density at radius 3 is 3.00 bits per heavy atom. The number of aryl methyl sites for hydroxylation is 1. The standard InChI is InChI=1S/C11H17N3OS/c1-7(2)10-6-13-11(16-10)12-5-9-4-8(3)15-14-9/h4,7,10H,5-6H2,1-3H3,(H,12,13). The van der Waals surface area contributed by atoms with Crippen LogP contribution in [0.25, 0.3) is 0 Å². The molecule has 0 fully saturated rings. The average Bonchev–Trinajstić information content (AvgIpc) is 2.83. The van der Waals surface area contributed by atoms with E-state index in [0.717, 1.165) is 23.2 Å². The number of aromatic nitrogens is 1. The molecule has 1 aromatic rings. The lowest BCUT2D eigenvalue weighted by Crippen LogP contribution is -2.20. The molecule has 1 atom stereocenters. The van der Waals surface area contributed by atoms with Gasteiger partial charge in [-0.25, -0.2) is 0 Å². The molecular formula is C11H17N3OS. The molecule has 0 amide bonds. The van der Waals surface area contributed by atoms with E-state index in [1.807, 2.05) is 24.8 Å². The van der Waals surface area contributed by atoms with Gasteiger partial charge in [-0.05, 0) is 12.8 Å². The van der Waals surface area contributed by atoms with Crippen molar-refractivity contribution in [3.8, 4) is 0 Å². The van der Waals surface area contributed by atoms with Crippen molar-refractivity contribution < 1.29 is 4.52 Å². The third-order valence-corrected chi connectivity index (χ3v) is 4.01. The number of thioether (sulfide) groups is 1. The SMILES string of the molecule is Cc1cc(CNC2=NCC(C(C)C)S2)no1. The summed E-state index contributed by atoms with van der Waals surface area (Å²) in [6.45, 7) is 7.97. The normalized spacial score (nSPS) is 20.2. The fourth-order valence-corrected chi connectivity index (χ4v) is 2.52. The zero-order chi connectivity index (χ0) is 11.5. The topological polar surface area (TPSA) is 50.4 Å². The first-order chi connectivity index (χ1) is 7.65. The van der Waals surface area contributed by atoms with Gasteiger partial charge in [0, 0.05) is 11.3 Å². The average molecular weight is 239 g/mol. The van der Waals surface area contributed by atoms with Gasteiger partial charge in [0.2, 0.25) is 0 Å². The first kappa shape index (κ1) is 11.5. The van der Waals surface area contributed by atoms with Crippen LogP contribution in [0.3, 0.4) is 0 Å². The summed E-state index contributed by atoms with van der Waals surface area (Å²) in [6.07, 6.45) is 0. The molecule has 0 aromatic carbocycles. The van der Waals surface area contributed by atoms with E-state index in [2.05, 4.69) is 29.3 Å². The Kier molecular flexibility index (Phi) is 3.53. The minimum absolute atomic E-state index is 0.613. The predicted molar refractivity (Wildman–Crippen MR) is 66.6 cm³/mol. The maximum atomic E-state index is 5.00. The minimum Gasteiger partial charge on any atom is -0.361 e. The third-order valence-electron chi connectivity index (χ3n) is 2.52. The van der Waals surface area contributed by atoms with Gasteiger partial charge in [0.1, 0.15) is 11.5 Å².